The smallest absolute Gasteiger partial charge is 0.277 e. The van der Waals surface area contributed by atoms with Crippen molar-refractivity contribution < 1.29 is 13.0 Å². The largest absolute Gasteiger partial charge is 0.314 e. The first-order valence-electron chi connectivity index (χ1n) is 6.03. The molecular weight excluding hydrogens is 278 g/mol. The molecule has 0 aromatic carbocycles. The van der Waals surface area contributed by atoms with Gasteiger partial charge in [-0.2, -0.15) is 8.42 Å². The highest BCUT2D eigenvalue weighted by atomic mass is 32.2. The zero-order valence-electron chi connectivity index (χ0n) is 11.8. The first-order chi connectivity index (χ1) is 9.25. The molecular formula is C13H17N3O3S. The molecule has 0 fully saturated rings. The van der Waals surface area contributed by atoms with Crippen molar-refractivity contribution in [3.05, 3.63) is 35.5 Å². The van der Waals surface area contributed by atoms with Crippen LogP contribution in [0.4, 0.5) is 0 Å². The molecule has 7 heteroatoms. The average Bonchev–Trinajstić information content (AvgIpc) is 2.50. The Morgan fingerprint density at radius 1 is 1.10 bits per heavy atom. The van der Waals surface area contributed by atoms with Crippen LogP contribution in [0.1, 0.15) is 6.92 Å². The number of hydrogen-bond acceptors (Lipinski definition) is 4. The Balaban J connectivity index is 2.62. The highest BCUT2D eigenvalue weighted by molar-refractivity contribution is 7.87. The number of likely N-dealkylation sites (N-methyl/N-ethyl adjacent to an activating group) is 1. The lowest BCUT2D eigenvalue weighted by molar-refractivity contribution is 0.466. The summed E-state index contributed by atoms with van der Waals surface area (Å²) in [6, 6.07) is 0. The fraction of sp³-hybridized carbons (Fsp3) is 0.385. The Morgan fingerprint density at radius 3 is 1.80 bits per heavy atom. The van der Waals surface area contributed by atoms with Crippen molar-refractivity contribution in [2.24, 2.45) is 9.98 Å². The van der Waals surface area contributed by atoms with Crippen LogP contribution in [-0.2, 0) is 10.1 Å². The Kier molecular flexibility index (Phi) is 3.43. The summed E-state index contributed by atoms with van der Waals surface area (Å²) in [7, 11) is 0.947. The van der Waals surface area contributed by atoms with E-state index in [2.05, 4.69) is 9.98 Å². The summed E-state index contributed by atoms with van der Waals surface area (Å²) in [6.07, 6.45) is 6.25. The summed E-state index contributed by atoms with van der Waals surface area (Å²) in [6.45, 7) is 1.44. The Hall–Kier alpha value is -1.73. The quantitative estimate of drug-likeness (QED) is 0.733. The van der Waals surface area contributed by atoms with Crippen molar-refractivity contribution in [3.63, 3.8) is 0 Å². The first kappa shape index (κ1) is 14.7. The van der Waals surface area contributed by atoms with Gasteiger partial charge in [0.15, 0.2) is 0 Å². The minimum absolute atomic E-state index is 0.709. The Morgan fingerprint density at radius 2 is 1.50 bits per heavy atom. The minimum atomic E-state index is -4.24. The molecule has 1 aliphatic carbocycles. The maximum atomic E-state index is 11.5. The van der Waals surface area contributed by atoms with Gasteiger partial charge in [-0.15, -0.1) is 0 Å². The monoisotopic (exact) mass is 295 g/mol. The molecule has 0 spiro atoms. The minimum Gasteiger partial charge on any atom is -0.314 e. The summed E-state index contributed by atoms with van der Waals surface area (Å²) in [5, 5.41) is 0. The van der Waals surface area contributed by atoms with Gasteiger partial charge in [0.2, 0.25) is 0 Å². The zero-order valence-corrected chi connectivity index (χ0v) is 12.6. The molecule has 0 saturated heterocycles. The van der Waals surface area contributed by atoms with Crippen LogP contribution in [0.25, 0.3) is 0 Å². The summed E-state index contributed by atoms with van der Waals surface area (Å²) in [4.78, 5) is 10.3. The standard InChI is InChI=1S/C13H17N3O3S/c1-13(20(17,18)19)7-5-9-10(6-8-13)12(15-3)16(4)11(9)14-2/h5-8H,1-4H3,(H,17,18,19). The van der Waals surface area contributed by atoms with Gasteiger partial charge in [0.1, 0.15) is 16.4 Å². The number of aliphatic imine (C=N–C) groups is 2. The fourth-order valence-electron chi connectivity index (χ4n) is 2.30. The van der Waals surface area contributed by atoms with Gasteiger partial charge in [-0.1, -0.05) is 24.3 Å². The van der Waals surface area contributed by atoms with Gasteiger partial charge in [-0.3, -0.25) is 14.5 Å². The zero-order chi connectivity index (χ0) is 15.1. The van der Waals surface area contributed by atoms with E-state index in [1.54, 1.807) is 26.2 Å². The van der Waals surface area contributed by atoms with Crippen LogP contribution in [0.3, 0.4) is 0 Å². The Bertz CT molecular complexity index is 656. The first-order valence-corrected chi connectivity index (χ1v) is 7.47. The molecule has 0 aromatic rings. The molecule has 1 N–H and O–H groups in total. The van der Waals surface area contributed by atoms with Crippen LogP contribution in [0.2, 0.25) is 0 Å². The van der Waals surface area contributed by atoms with E-state index in [9.17, 15) is 13.0 Å². The molecule has 6 nitrogen and oxygen atoms in total. The van der Waals surface area contributed by atoms with Crippen LogP contribution in [-0.4, -0.2) is 55.4 Å². The molecule has 0 unspecified atom stereocenters. The van der Waals surface area contributed by atoms with Gasteiger partial charge >= 0.3 is 0 Å². The molecule has 2 rings (SSSR count). The molecule has 1 aliphatic heterocycles. The van der Waals surface area contributed by atoms with E-state index in [1.165, 1.54) is 19.1 Å². The van der Waals surface area contributed by atoms with Gasteiger partial charge in [-0.05, 0) is 6.92 Å². The number of amidine groups is 2. The lowest BCUT2D eigenvalue weighted by Gasteiger charge is -2.18. The molecule has 0 radical (unpaired) electrons. The third-order valence-corrected chi connectivity index (χ3v) is 4.93. The molecule has 20 heavy (non-hydrogen) atoms. The predicted octanol–water partition coefficient (Wildman–Crippen LogP) is 1.06. The van der Waals surface area contributed by atoms with Crippen LogP contribution in [0.15, 0.2) is 45.4 Å². The normalized spacial score (nSPS) is 30.4. The van der Waals surface area contributed by atoms with Gasteiger partial charge < -0.3 is 4.90 Å². The highest BCUT2D eigenvalue weighted by Crippen LogP contribution is 2.31. The summed E-state index contributed by atoms with van der Waals surface area (Å²) < 4.78 is 30.9. The van der Waals surface area contributed by atoms with Gasteiger partial charge in [-0.25, -0.2) is 0 Å². The lowest BCUT2D eigenvalue weighted by Crippen LogP contribution is -2.31. The second-order valence-corrected chi connectivity index (χ2v) is 6.64. The maximum absolute atomic E-state index is 11.5. The lowest BCUT2D eigenvalue weighted by atomic mass is 10.1. The number of rotatable bonds is 1. The second kappa shape index (κ2) is 4.68. The van der Waals surface area contributed by atoms with Crippen LogP contribution in [0.5, 0.6) is 0 Å². The molecule has 0 bridgehead atoms. The van der Waals surface area contributed by atoms with Crippen LogP contribution in [0, 0.1) is 0 Å². The molecule has 0 aromatic heterocycles. The predicted molar refractivity (Wildman–Crippen MR) is 79.7 cm³/mol. The number of hydrogen-bond donors (Lipinski definition) is 1. The van der Waals surface area contributed by atoms with Crippen molar-refractivity contribution in [2.45, 2.75) is 11.7 Å². The van der Waals surface area contributed by atoms with E-state index >= 15 is 0 Å². The van der Waals surface area contributed by atoms with Crippen LogP contribution >= 0.6 is 0 Å². The van der Waals surface area contributed by atoms with E-state index in [-0.39, 0.29) is 0 Å². The number of nitrogens with zero attached hydrogens (tertiary/aromatic N) is 3. The van der Waals surface area contributed by atoms with Crippen molar-refractivity contribution in [1.82, 2.24) is 4.90 Å². The van der Waals surface area contributed by atoms with Crippen molar-refractivity contribution in [1.29, 1.82) is 0 Å². The molecule has 1 heterocycles. The van der Waals surface area contributed by atoms with Gasteiger partial charge in [0, 0.05) is 32.3 Å². The summed E-state index contributed by atoms with van der Waals surface area (Å²) in [5.74, 6) is 1.42. The maximum Gasteiger partial charge on any atom is 0.277 e. The third-order valence-electron chi connectivity index (χ3n) is 3.55. The summed E-state index contributed by atoms with van der Waals surface area (Å²) >= 11 is 0. The third kappa shape index (κ3) is 2.03. The van der Waals surface area contributed by atoms with Gasteiger partial charge in [0.05, 0.1) is 0 Å². The van der Waals surface area contributed by atoms with E-state index in [1.807, 2.05) is 11.9 Å². The van der Waals surface area contributed by atoms with E-state index in [0.29, 0.717) is 11.7 Å². The topological polar surface area (TPSA) is 82.3 Å². The second-order valence-electron chi connectivity index (χ2n) is 4.81. The molecule has 108 valence electrons. The molecule has 2 aliphatic rings. The van der Waals surface area contributed by atoms with Gasteiger partial charge in [0.25, 0.3) is 10.1 Å². The van der Waals surface area contributed by atoms with Crippen molar-refractivity contribution in [3.8, 4) is 0 Å². The van der Waals surface area contributed by atoms with E-state index in [4.69, 9.17) is 0 Å². The van der Waals surface area contributed by atoms with Crippen molar-refractivity contribution in [2.75, 3.05) is 21.1 Å². The molecule has 0 amide bonds. The average molecular weight is 295 g/mol. The Labute approximate surface area is 118 Å². The molecule has 0 saturated carbocycles. The van der Waals surface area contributed by atoms with Crippen molar-refractivity contribution >= 4 is 21.8 Å². The SMILES string of the molecule is CN=C1C2=C(C=CC(C)(S(=O)(=O)O)C=C2)C(=NC)N1C. The van der Waals surface area contributed by atoms with Crippen LogP contribution < -0.4 is 0 Å². The fourth-order valence-corrected chi connectivity index (χ4v) is 2.78. The van der Waals surface area contributed by atoms with E-state index < -0.39 is 14.9 Å². The highest BCUT2D eigenvalue weighted by Gasteiger charge is 2.37. The molecule has 0 atom stereocenters. The summed E-state index contributed by atoms with van der Waals surface area (Å²) in [5.41, 5.74) is 1.58. The van der Waals surface area contributed by atoms with E-state index in [0.717, 1.165) is 11.1 Å².